The Morgan fingerprint density at radius 2 is 2.00 bits per heavy atom. The molecular formula is C3H8O2PZn+. The van der Waals surface area contributed by atoms with Crippen molar-refractivity contribution in [1.82, 2.24) is 0 Å². The average Bonchev–Trinajstić information content (AvgIpc) is 1.35. The van der Waals surface area contributed by atoms with Gasteiger partial charge in [0.2, 0.25) is 0 Å². The second kappa shape index (κ2) is 6.68. The minimum absolute atomic E-state index is 0. The van der Waals surface area contributed by atoms with Gasteiger partial charge in [0.15, 0.2) is 0 Å². The summed E-state index contributed by atoms with van der Waals surface area (Å²) in [6, 6.07) is 0. The Balaban J connectivity index is 0. The van der Waals surface area contributed by atoms with Gasteiger partial charge in [-0.05, 0) is 18.4 Å². The van der Waals surface area contributed by atoms with Gasteiger partial charge < -0.3 is 0 Å². The van der Waals surface area contributed by atoms with Gasteiger partial charge >= 0.3 is 8.69 Å². The van der Waals surface area contributed by atoms with Gasteiger partial charge in [-0.3, -0.25) is 0 Å². The molecule has 1 atom stereocenters. The van der Waals surface area contributed by atoms with E-state index in [0.717, 1.165) is 0 Å². The Morgan fingerprint density at radius 3 is 2.00 bits per heavy atom. The van der Waals surface area contributed by atoms with Gasteiger partial charge in [-0.25, -0.2) is 0 Å². The predicted octanol–water partition coefficient (Wildman–Crippen LogP) is 1.35. The van der Waals surface area contributed by atoms with Crippen molar-refractivity contribution in [2.24, 2.45) is 0 Å². The Hall–Kier alpha value is 0.683. The van der Waals surface area contributed by atoms with E-state index in [1.165, 1.54) is 0 Å². The molecule has 0 spiro atoms. The van der Waals surface area contributed by atoms with Crippen LogP contribution in [0, 0.1) is 0 Å². The molecule has 4 heteroatoms. The van der Waals surface area contributed by atoms with Crippen molar-refractivity contribution >= 4 is 8.69 Å². The van der Waals surface area contributed by atoms with Crippen molar-refractivity contribution in [3.8, 4) is 0 Å². The van der Waals surface area contributed by atoms with Crippen molar-refractivity contribution in [2.45, 2.75) is 20.0 Å². The summed E-state index contributed by atoms with van der Waals surface area (Å²) in [6.45, 7) is 3.68. The Kier molecular flexibility index (Phi) is 10.1. The van der Waals surface area contributed by atoms with Gasteiger partial charge in [-0.1, -0.05) is 0 Å². The standard InChI is InChI=1S/C3H8O2P.Zn/c1-3(2)5-6-4;/h3,6H,1-2H3;/q+1;. The van der Waals surface area contributed by atoms with E-state index in [1.807, 2.05) is 13.8 Å². The molecule has 0 aliphatic carbocycles. The third-order valence-electron chi connectivity index (χ3n) is 0.284. The molecule has 0 heterocycles. The Labute approximate surface area is 57.7 Å². The van der Waals surface area contributed by atoms with Gasteiger partial charge in [0, 0.05) is 19.5 Å². The first-order chi connectivity index (χ1) is 2.77. The van der Waals surface area contributed by atoms with E-state index < -0.39 is 8.69 Å². The van der Waals surface area contributed by atoms with E-state index in [2.05, 4.69) is 4.52 Å². The normalized spacial score (nSPS) is 9.00. The van der Waals surface area contributed by atoms with Gasteiger partial charge in [0.25, 0.3) is 0 Å². The summed E-state index contributed by atoms with van der Waals surface area (Å²) in [5, 5.41) is 0. The average molecular weight is 172 g/mol. The summed E-state index contributed by atoms with van der Waals surface area (Å²) in [5.41, 5.74) is 0. The first-order valence-corrected chi connectivity index (χ1v) is 2.62. The van der Waals surface area contributed by atoms with Crippen LogP contribution in [0.25, 0.3) is 0 Å². The summed E-state index contributed by atoms with van der Waals surface area (Å²) < 4.78 is 14.1. The fourth-order valence-electron chi connectivity index (χ4n) is 0.0962. The maximum atomic E-state index is 9.55. The zero-order valence-corrected chi connectivity index (χ0v) is 8.57. The second-order valence-corrected chi connectivity index (χ2v) is 1.65. The van der Waals surface area contributed by atoms with E-state index in [1.54, 1.807) is 0 Å². The van der Waals surface area contributed by atoms with Crippen LogP contribution in [0.1, 0.15) is 13.8 Å². The van der Waals surface area contributed by atoms with Gasteiger partial charge in [-0.15, -0.1) is 4.52 Å². The smallest absolute Gasteiger partial charge is 0.145 e. The van der Waals surface area contributed by atoms with E-state index in [4.69, 9.17) is 0 Å². The minimum Gasteiger partial charge on any atom is -0.145 e. The third kappa shape index (κ3) is 10.8. The molecule has 0 aliphatic heterocycles. The summed E-state index contributed by atoms with van der Waals surface area (Å²) in [7, 11) is -0.612. The molecule has 38 valence electrons. The summed E-state index contributed by atoms with van der Waals surface area (Å²) in [4.78, 5) is 0. The first-order valence-electron chi connectivity index (χ1n) is 1.80. The molecule has 0 rings (SSSR count). The van der Waals surface area contributed by atoms with Crippen molar-refractivity contribution in [2.75, 3.05) is 0 Å². The van der Waals surface area contributed by atoms with Crippen molar-refractivity contribution in [1.29, 1.82) is 0 Å². The maximum Gasteiger partial charge on any atom is 0.494 e. The Bertz CT molecular complexity index is 48.2. The molecule has 0 saturated heterocycles. The van der Waals surface area contributed by atoms with Crippen LogP contribution in [0.4, 0.5) is 0 Å². The minimum atomic E-state index is -0.612. The third-order valence-corrected chi connectivity index (χ3v) is 0.851. The van der Waals surface area contributed by atoms with Crippen LogP contribution >= 0.6 is 8.69 Å². The first kappa shape index (κ1) is 10.6. The van der Waals surface area contributed by atoms with E-state index in [0.29, 0.717) is 0 Å². The maximum absolute atomic E-state index is 9.55. The fraction of sp³-hybridized carbons (Fsp3) is 1.00. The monoisotopic (exact) mass is 171 g/mol. The molecule has 7 heavy (non-hydrogen) atoms. The van der Waals surface area contributed by atoms with Crippen molar-refractivity contribution in [3.63, 3.8) is 0 Å². The predicted molar refractivity (Wildman–Crippen MR) is 25.2 cm³/mol. The van der Waals surface area contributed by atoms with Crippen LogP contribution in [-0.4, -0.2) is 6.10 Å². The van der Waals surface area contributed by atoms with Crippen LogP contribution in [0.15, 0.2) is 0 Å². The quantitative estimate of drug-likeness (QED) is 0.464. The number of hydrogen-bond acceptors (Lipinski definition) is 2. The molecule has 2 nitrogen and oxygen atoms in total. The van der Waals surface area contributed by atoms with E-state index in [-0.39, 0.29) is 25.6 Å². The zero-order chi connectivity index (χ0) is 4.99. The Morgan fingerprint density at radius 1 is 1.57 bits per heavy atom. The number of hydrogen-bond donors (Lipinski definition) is 0. The van der Waals surface area contributed by atoms with Crippen LogP contribution in [0.3, 0.4) is 0 Å². The van der Waals surface area contributed by atoms with Crippen molar-refractivity contribution in [3.05, 3.63) is 0 Å². The molecule has 0 radical (unpaired) electrons. The topological polar surface area (TPSA) is 26.3 Å². The SMILES string of the molecule is CC(C)O[PH+]=O.[Zn]. The van der Waals surface area contributed by atoms with Crippen LogP contribution in [0.5, 0.6) is 0 Å². The van der Waals surface area contributed by atoms with Crippen LogP contribution in [-0.2, 0) is 28.6 Å². The van der Waals surface area contributed by atoms with Gasteiger partial charge in [0.1, 0.15) is 6.10 Å². The zero-order valence-electron chi connectivity index (χ0n) is 4.60. The molecule has 0 N–H and O–H groups in total. The summed E-state index contributed by atoms with van der Waals surface area (Å²) in [5.74, 6) is 0. The van der Waals surface area contributed by atoms with E-state index >= 15 is 0 Å². The molecule has 0 aromatic carbocycles. The molecule has 0 amide bonds. The van der Waals surface area contributed by atoms with Gasteiger partial charge in [0.05, 0.1) is 0 Å². The second-order valence-electron chi connectivity index (χ2n) is 1.25. The van der Waals surface area contributed by atoms with E-state index in [9.17, 15) is 4.57 Å². The molecule has 0 fully saturated rings. The summed E-state index contributed by atoms with van der Waals surface area (Å²) in [6.07, 6.45) is 0.0980. The van der Waals surface area contributed by atoms with Crippen LogP contribution < -0.4 is 0 Å². The van der Waals surface area contributed by atoms with Crippen LogP contribution in [0.2, 0.25) is 0 Å². The molecule has 0 bridgehead atoms. The molecular weight excluding hydrogens is 164 g/mol. The molecule has 0 aromatic heterocycles. The van der Waals surface area contributed by atoms with Gasteiger partial charge in [-0.2, -0.15) is 0 Å². The molecule has 1 unspecified atom stereocenters. The fourth-order valence-corrected chi connectivity index (χ4v) is 0.289. The molecule has 0 aliphatic rings. The molecule has 0 aromatic rings. The number of rotatable bonds is 2. The largest absolute Gasteiger partial charge is 0.494 e. The van der Waals surface area contributed by atoms with Crippen molar-refractivity contribution < 1.29 is 28.6 Å². The molecule has 0 saturated carbocycles. The summed E-state index contributed by atoms with van der Waals surface area (Å²) >= 11 is 0.